The van der Waals surface area contributed by atoms with E-state index in [1.807, 2.05) is 0 Å². The predicted molar refractivity (Wildman–Crippen MR) is 119 cm³/mol. The Morgan fingerprint density at radius 2 is 0.731 bits per heavy atom. The third kappa shape index (κ3) is 13.2. The highest BCUT2D eigenvalue weighted by atomic mass is 16.3. The van der Waals surface area contributed by atoms with Crippen molar-refractivity contribution < 1.29 is 5.11 Å². The molecule has 0 fully saturated rings. The van der Waals surface area contributed by atoms with Crippen LogP contribution in [0.15, 0.2) is 0 Å². The Kier molecular flexibility index (Phi) is 15.9. The molecule has 1 N–H and O–H groups in total. The number of hydrogen-bond acceptors (Lipinski definition) is 1. The first-order chi connectivity index (χ1) is 12.4. The highest BCUT2D eigenvalue weighted by molar-refractivity contribution is 4.90. The van der Waals surface area contributed by atoms with Crippen LogP contribution < -0.4 is 0 Å². The van der Waals surface area contributed by atoms with E-state index >= 15 is 0 Å². The lowest BCUT2D eigenvalue weighted by Gasteiger charge is -2.41. The van der Waals surface area contributed by atoms with Crippen LogP contribution >= 0.6 is 0 Å². The minimum Gasteiger partial charge on any atom is -0.389 e. The summed E-state index contributed by atoms with van der Waals surface area (Å²) in [7, 11) is 0. The molecule has 0 radical (unpaired) electrons. The minimum absolute atomic E-state index is 0.00427. The molecule has 0 bridgehead atoms. The van der Waals surface area contributed by atoms with E-state index in [9.17, 15) is 5.11 Å². The molecule has 0 aromatic rings. The molecule has 26 heavy (non-hydrogen) atoms. The van der Waals surface area contributed by atoms with Crippen LogP contribution in [0.5, 0.6) is 0 Å². The van der Waals surface area contributed by atoms with E-state index in [1.165, 1.54) is 103 Å². The summed E-state index contributed by atoms with van der Waals surface area (Å²) >= 11 is 0. The second-order valence-corrected chi connectivity index (χ2v) is 9.73. The summed E-state index contributed by atoms with van der Waals surface area (Å²) in [5.41, 5.74) is -0.479. The number of aliphatic hydroxyl groups is 1. The fourth-order valence-corrected chi connectivity index (χ4v) is 3.98. The first-order valence-corrected chi connectivity index (χ1v) is 12.1. The molecule has 0 aromatic carbocycles. The van der Waals surface area contributed by atoms with Crippen molar-refractivity contribution in [1.82, 2.24) is 0 Å². The van der Waals surface area contributed by atoms with Gasteiger partial charge in [0.1, 0.15) is 0 Å². The van der Waals surface area contributed by atoms with Gasteiger partial charge in [-0.05, 0) is 18.3 Å². The molecular weight excluding hydrogens is 316 g/mol. The fraction of sp³-hybridized carbons (Fsp3) is 1.00. The molecule has 0 aromatic heterocycles. The molecule has 0 saturated carbocycles. The summed E-state index contributed by atoms with van der Waals surface area (Å²) in [5, 5.41) is 11.3. The second kappa shape index (κ2) is 16.0. The summed E-state index contributed by atoms with van der Waals surface area (Å²) < 4.78 is 0. The first-order valence-electron chi connectivity index (χ1n) is 12.1. The van der Waals surface area contributed by atoms with Gasteiger partial charge in [0.2, 0.25) is 0 Å². The monoisotopic (exact) mass is 368 g/mol. The number of rotatable bonds is 18. The molecule has 1 heteroatoms. The van der Waals surface area contributed by atoms with E-state index < -0.39 is 5.60 Å². The van der Waals surface area contributed by atoms with Crippen molar-refractivity contribution in [1.29, 1.82) is 0 Å². The quantitative estimate of drug-likeness (QED) is 0.239. The van der Waals surface area contributed by atoms with Gasteiger partial charge in [0, 0.05) is 0 Å². The van der Waals surface area contributed by atoms with E-state index in [0.717, 1.165) is 12.8 Å². The number of unbranched alkanes of at least 4 members (excludes halogenated alkanes) is 14. The Morgan fingerprint density at radius 1 is 0.462 bits per heavy atom. The summed E-state index contributed by atoms with van der Waals surface area (Å²) in [5.74, 6) is 0. The molecule has 0 aliphatic rings. The van der Waals surface area contributed by atoms with Crippen molar-refractivity contribution in [2.75, 3.05) is 0 Å². The normalized spacial score (nSPS) is 14.5. The molecule has 0 aliphatic heterocycles. The molecule has 0 aliphatic carbocycles. The van der Waals surface area contributed by atoms with E-state index in [-0.39, 0.29) is 5.41 Å². The fourth-order valence-electron chi connectivity index (χ4n) is 3.98. The van der Waals surface area contributed by atoms with Crippen molar-refractivity contribution in [2.45, 2.75) is 156 Å². The van der Waals surface area contributed by atoms with Gasteiger partial charge in [0.05, 0.1) is 5.60 Å². The Balaban J connectivity index is 3.86. The Hall–Kier alpha value is -0.0400. The van der Waals surface area contributed by atoms with Gasteiger partial charge >= 0.3 is 0 Å². The van der Waals surface area contributed by atoms with Gasteiger partial charge in [-0.3, -0.25) is 0 Å². The van der Waals surface area contributed by atoms with Gasteiger partial charge in [0.15, 0.2) is 0 Å². The SMILES string of the molecule is CCCCCCCCCCCCC(O)(CCCCCCCC)C(C)(C)C. The van der Waals surface area contributed by atoms with Crippen molar-refractivity contribution >= 4 is 0 Å². The smallest absolute Gasteiger partial charge is 0.0695 e. The van der Waals surface area contributed by atoms with Gasteiger partial charge in [-0.1, -0.05) is 137 Å². The second-order valence-electron chi connectivity index (χ2n) is 9.73. The van der Waals surface area contributed by atoms with Gasteiger partial charge in [-0.25, -0.2) is 0 Å². The van der Waals surface area contributed by atoms with Crippen LogP contribution in [-0.2, 0) is 0 Å². The van der Waals surface area contributed by atoms with Crippen LogP contribution in [-0.4, -0.2) is 10.7 Å². The lowest BCUT2D eigenvalue weighted by Crippen LogP contribution is -2.42. The molecule has 0 rings (SSSR count). The number of hydrogen-bond donors (Lipinski definition) is 1. The van der Waals surface area contributed by atoms with Crippen molar-refractivity contribution in [2.24, 2.45) is 5.41 Å². The molecule has 158 valence electrons. The third-order valence-corrected chi connectivity index (χ3v) is 6.28. The van der Waals surface area contributed by atoms with E-state index in [1.54, 1.807) is 0 Å². The Morgan fingerprint density at radius 3 is 1.00 bits per heavy atom. The predicted octanol–water partition coefficient (Wildman–Crippen LogP) is 8.83. The first kappa shape index (κ1) is 26.0. The average molecular weight is 369 g/mol. The standard InChI is InChI=1S/C25H52O/c1-6-8-10-12-14-15-16-17-19-21-23-25(26,24(3,4)5)22-20-18-13-11-9-7-2/h26H,6-23H2,1-5H3. The van der Waals surface area contributed by atoms with E-state index in [2.05, 4.69) is 34.6 Å². The summed E-state index contributed by atoms with van der Waals surface area (Å²) in [6.45, 7) is 11.2. The molecular formula is C25H52O. The van der Waals surface area contributed by atoms with E-state index in [4.69, 9.17) is 0 Å². The third-order valence-electron chi connectivity index (χ3n) is 6.28. The molecule has 0 heterocycles. The molecule has 0 amide bonds. The summed E-state index contributed by atoms with van der Waals surface area (Å²) in [6, 6.07) is 0. The highest BCUT2D eigenvalue weighted by Crippen LogP contribution is 2.39. The molecule has 0 spiro atoms. The lowest BCUT2D eigenvalue weighted by atomic mass is 9.70. The summed E-state index contributed by atoms with van der Waals surface area (Å²) in [4.78, 5) is 0. The Bertz CT molecular complexity index is 291. The minimum atomic E-state index is -0.474. The van der Waals surface area contributed by atoms with Crippen LogP contribution in [0.4, 0.5) is 0 Å². The molecule has 1 atom stereocenters. The summed E-state index contributed by atoms with van der Waals surface area (Å²) in [6.07, 6.45) is 23.5. The molecule has 0 saturated heterocycles. The van der Waals surface area contributed by atoms with Crippen molar-refractivity contribution in [3.63, 3.8) is 0 Å². The van der Waals surface area contributed by atoms with Crippen LogP contribution in [0.2, 0.25) is 0 Å². The molecule has 1 nitrogen and oxygen atoms in total. The zero-order chi connectivity index (χ0) is 19.7. The average Bonchev–Trinajstić information content (AvgIpc) is 2.58. The molecule has 1 unspecified atom stereocenters. The maximum absolute atomic E-state index is 11.3. The van der Waals surface area contributed by atoms with Crippen molar-refractivity contribution in [3.8, 4) is 0 Å². The van der Waals surface area contributed by atoms with Crippen LogP contribution in [0.25, 0.3) is 0 Å². The van der Waals surface area contributed by atoms with Gasteiger partial charge in [-0.2, -0.15) is 0 Å². The van der Waals surface area contributed by atoms with Crippen LogP contribution in [0, 0.1) is 5.41 Å². The zero-order valence-corrected chi connectivity index (χ0v) is 19.2. The maximum Gasteiger partial charge on any atom is 0.0695 e. The maximum atomic E-state index is 11.3. The van der Waals surface area contributed by atoms with Gasteiger partial charge in [-0.15, -0.1) is 0 Å². The van der Waals surface area contributed by atoms with Crippen LogP contribution in [0.3, 0.4) is 0 Å². The van der Waals surface area contributed by atoms with Gasteiger partial charge in [0.25, 0.3) is 0 Å². The van der Waals surface area contributed by atoms with Crippen molar-refractivity contribution in [3.05, 3.63) is 0 Å². The largest absolute Gasteiger partial charge is 0.389 e. The van der Waals surface area contributed by atoms with Crippen LogP contribution in [0.1, 0.15) is 150 Å². The van der Waals surface area contributed by atoms with Gasteiger partial charge < -0.3 is 5.11 Å². The van der Waals surface area contributed by atoms with E-state index in [0.29, 0.717) is 0 Å². The zero-order valence-electron chi connectivity index (χ0n) is 19.2. The lowest BCUT2D eigenvalue weighted by molar-refractivity contribution is -0.0743. The Labute approximate surface area is 166 Å². The topological polar surface area (TPSA) is 20.2 Å². The highest BCUT2D eigenvalue weighted by Gasteiger charge is 2.38.